The van der Waals surface area contributed by atoms with Gasteiger partial charge in [-0.1, -0.05) is 26.2 Å². The summed E-state index contributed by atoms with van der Waals surface area (Å²) in [5, 5.41) is 15.2. The van der Waals surface area contributed by atoms with Crippen LogP contribution < -0.4 is 0 Å². The number of aliphatic hydroxyl groups is 1. The van der Waals surface area contributed by atoms with E-state index in [1.165, 1.54) is 37.7 Å². The molecule has 1 saturated carbocycles. The van der Waals surface area contributed by atoms with Gasteiger partial charge in [0.15, 0.2) is 0 Å². The third kappa shape index (κ3) is 3.32. The fraction of sp³-hybridized carbons (Fsp3) is 0.733. The van der Waals surface area contributed by atoms with Crippen LogP contribution in [0.3, 0.4) is 0 Å². The number of rotatable bonds is 5. The molecule has 0 saturated heterocycles. The first-order valence-electron chi connectivity index (χ1n) is 6.98. The lowest BCUT2D eigenvalue weighted by Crippen LogP contribution is -2.39. The Morgan fingerprint density at radius 1 is 1.35 bits per heavy atom. The van der Waals surface area contributed by atoms with Crippen molar-refractivity contribution in [1.29, 1.82) is 0 Å². The first-order valence-corrected chi connectivity index (χ1v) is 7.92. The Morgan fingerprint density at radius 3 is 2.71 bits per heavy atom. The zero-order valence-electron chi connectivity index (χ0n) is 10.8. The highest BCUT2D eigenvalue weighted by molar-refractivity contribution is 7.07. The molecule has 0 aliphatic heterocycles. The maximum absolute atomic E-state index is 10.8. The number of hydrogen-bond acceptors (Lipinski definition) is 2. The first kappa shape index (κ1) is 13.1. The zero-order valence-corrected chi connectivity index (χ0v) is 11.6. The molecule has 0 bridgehead atoms. The van der Waals surface area contributed by atoms with Crippen LogP contribution in [0.2, 0.25) is 0 Å². The van der Waals surface area contributed by atoms with Crippen molar-refractivity contribution in [3.8, 4) is 0 Å². The van der Waals surface area contributed by atoms with Crippen molar-refractivity contribution in [1.82, 2.24) is 0 Å². The third-order valence-electron chi connectivity index (χ3n) is 4.40. The zero-order chi connectivity index (χ0) is 12.1. The molecular weight excluding hydrogens is 228 g/mol. The first-order chi connectivity index (χ1) is 8.24. The van der Waals surface area contributed by atoms with Gasteiger partial charge in [-0.25, -0.2) is 0 Å². The minimum atomic E-state index is -0.414. The molecule has 1 aromatic heterocycles. The Balaban J connectivity index is 1.93. The minimum Gasteiger partial charge on any atom is -0.390 e. The van der Waals surface area contributed by atoms with E-state index < -0.39 is 5.60 Å². The van der Waals surface area contributed by atoms with Crippen molar-refractivity contribution in [2.45, 2.75) is 63.9 Å². The van der Waals surface area contributed by atoms with E-state index in [1.54, 1.807) is 11.3 Å². The van der Waals surface area contributed by atoms with Crippen LogP contribution in [-0.2, 0) is 6.42 Å². The Labute approximate surface area is 109 Å². The molecule has 2 rings (SSSR count). The molecule has 0 radical (unpaired) electrons. The standard InChI is InChI=1S/C15H24OS/c1-2-15(16,14-6-4-3-5-7-14)10-8-13-9-11-17-12-13/h9,11-12,14,16H,2-8,10H2,1H3. The van der Waals surface area contributed by atoms with Crippen LogP contribution in [0.4, 0.5) is 0 Å². The normalized spacial score (nSPS) is 21.3. The summed E-state index contributed by atoms with van der Waals surface area (Å²) in [6, 6.07) is 2.18. The molecule has 0 amide bonds. The number of thiophene rings is 1. The van der Waals surface area contributed by atoms with Crippen LogP contribution in [0.5, 0.6) is 0 Å². The van der Waals surface area contributed by atoms with E-state index >= 15 is 0 Å². The topological polar surface area (TPSA) is 20.2 Å². The van der Waals surface area contributed by atoms with Crippen LogP contribution in [-0.4, -0.2) is 10.7 Å². The van der Waals surface area contributed by atoms with Crippen LogP contribution in [0.15, 0.2) is 16.8 Å². The van der Waals surface area contributed by atoms with Gasteiger partial charge in [0.25, 0.3) is 0 Å². The lowest BCUT2D eigenvalue weighted by Gasteiger charge is -2.38. The predicted molar refractivity (Wildman–Crippen MR) is 74.5 cm³/mol. The van der Waals surface area contributed by atoms with Gasteiger partial charge < -0.3 is 5.11 Å². The van der Waals surface area contributed by atoms with Crippen LogP contribution >= 0.6 is 11.3 Å². The number of aryl methyl sites for hydroxylation is 1. The van der Waals surface area contributed by atoms with Gasteiger partial charge in [-0.2, -0.15) is 11.3 Å². The van der Waals surface area contributed by atoms with Crippen molar-refractivity contribution in [3.63, 3.8) is 0 Å². The van der Waals surface area contributed by atoms with E-state index in [0.29, 0.717) is 5.92 Å². The number of hydrogen-bond donors (Lipinski definition) is 1. The van der Waals surface area contributed by atoms with E-state index in [1.807, 2.05) is 0 Å². The van der Waals surface area contributed by atoms with Gasteiger partial charge in [0, 0.05) is 0 Å². The molecule has 1 nitrogen and oxygen atoms in total. The van der Waals surface area contributed by atoms with Gasteiger partial charge in [-0.05, 0) is 60.4 Å². The van der Waals surface area contributed by atoms with Crippen molar-refractivity contribution in [2.75, 3.05) is 0 Å². The van der Waals surface area contributed by atoms with Gasteiger partial charge in [0.1, 0.15) is 0 Å². The van der Waals surface area contributed by atoms with Gasteiger partial charge in [0.2, 0.25) is 0 Å². The minimum absolute atomic E-state index is 0.414. The summed E-state index contributed by atoms with van der Waals surface area (Å²) in [6.45, 7) is 2.14. The second-order valence-electron chi connectivity index (χ2n) is 5.42. The molecule has 1 aromatic rings. The highest BCUT2D eigenvalue weighted by Crippen LogP contribution is 2.37. The average molecular weight is 252 g/mol. The second-order valence-corrected chi connectivity index (χ2v) is 6.20. The largest absolute Gasteiger partial charge is 0.390 e. The fourth-order valence-corrected chi connectivity index (χ4v) is 3.81. The van der Waals surface area contributed by atoms with Crippen LogP contribution in [0.1, 0.15) is 57.4 Å². The Bertz CT molecular complexity index is 314. The Morgan fingerprint density at radius 2 is 2.12 bits per heavy atom. The average Bonchev–Trinajstić information content (AvgIpc) is 2.90. The van der Waals surface area contributed by atoms with Gasteiger partial charge >= 0.3 is 0 Å². The molecule has 1 atom stereocenters. The summed E-state index contributed by atoms with van der Waals surface area (Å²) in [5.74, 6) is 0.542. The Kier molecular flexibility index (Phi) is 4.63. The summed E-state index contributed by atoms with van der Waals surface area (Å²) < 4.78 is 0. The van der Waals surface area contributed by atoms with Gasteiger partial charge in [-0.15, -0.1) is 0 Å². The molecule has 0 aromatic carbocycles. The van der Waals surface area contributed by atoms with Gasteiger partial charge in [-0.3, -0.25) is 0 Å². The summed E-state index contributed by atoms with van der Waals surface area (Å²) >= 11 is 1.75. The molecule has 1 aliphatic rings. The SMILES string of the molecule is CCC(O)(CCc1ccsc1)C1CCCCC1. The fourth-order valence-electron chi connectivity index (χ4n) is 3.11. The third-order valence-corrected chi connectivity index (χ3v) is 5.14. The maximum atomic E-state index is 10.8. The summed E-state index contributed by atoms with van der Waals surface area (Å²) in [4.78, 5) is 0. The summed E-state index contributed by atoms with van der Waals surface area (Å²) in [5.41, 5.74) is 0.972. The van der Waals surface area contributed by atoms with E-state index in [2.05, 4.69) is 23.8 Å². The molecular formula is C15H24OS. The predicted octanol–water partition coefficient (Wildman–Crippen LogP) is 4.40. The molecule has 2 heteroatoms. The molecule has 1 N–H and O–H groups in total. The monoisotopic (exact) mass is 252 g/mol. The van der Waals surface area contributed by atoms with Crippen molar-refractivity contribution >= 4 is 11.3 Å². The maximum Gasteiger partial charge on any atom is 0.0676 e. The molecule has 1 fully saturated rings. The summed E-state index contributed by atoms with van der Waals surface area (Å²) in [6.07, 6.45) is 9.32. The van der Waals surface area contributed by atoms with Crippen LogP contribution in [0.25, 0.3) is 0 Å². The highest BCUT2D eigenvalue weighted by atomic mass is 32.1. The lowest BCUT2D eigenvalue weighted by atomic mass is 9.73. The van der Waals surface area contributed by atoms with Crippen LogP contribution in [0, 0.1) is 5.92 Å². The van der Waals surface area contributed by atoms with E-state index in [0.717, 1.165) is 19.3 Å². The molecule has 0 spiro atoms. The molecule has 1 unspecified atom stereocenters. The van der Waals surface area contributed by atoms with E-state index in [4.69, 9.17) is 0 Å². The molecule has 1 heterocycles. The van der Waals surface area contributed by atoms with Crippen molar-refractivity contribution < 1.29 is 5.11 Å². The smallest absolute Gasteiger partial charge is 0.0676 e. The molecule has 96 valence electrons. The van der Waals surface area contributed by atoms with Gasteiger partial charge in [0.05, 0.1) is 5.60 Å². The molecule has 1 aliphatic carbocycles. The van der Waals surface area contributed by atoms with E-state index in [-0.39, 0.29) is 0 Å². The van der Waals surface area contributed by atoms with Crippen molar-refractivity contribution in [2.24, 2.45) is 5.92 Å². The highest BCUT2D eigenvalue weighted by Gasteiger charge is 2.35. The van der Waals surface area contributed by atoms with E-state index in [9.17, 15) is 5.11 Å². The lowest BCUT2D eigenvalue weighted by molar-refractivity contribution is -0.0429. The van der Waals surface area contributed by atoms with Crippen molar-refractivity contribution in [3.05, 3.63) is 22.4 Å². The second kappa shape index (κ2) is 6.01. The Hall–Kier alpha value is -0.340. The molecule has 17 heavy (non-hydrogen) atoms. The summed E-state index contributed by atoms with van der Waals surface area (Å²) in [7, 11) is 0. The quantitative estimate of drug-likeness (QED) is 0.823.